The quantitative estimate of drug-likeness (QED) is 0.333. The fraction of sp³-hybridized carbons (Fsp3) is 0.120. The van der Waals surface area contributed by atoms with Crippen molar-refractivity contribution in [1.29, 1.82) is 0 Å². The third-order valence-electron chi connectivity index (χ3n) is 5.37. The van der Waals surface area contributed by atoms with Crippen molar-refractivity contribution < 1.29 is 17.6 Å². The Morgan fingerprint density at radius 3 is 2.43 bits per heavy atom. The fourth-order valence-electron chi connectivity index (χ4n) is 3.58. The topological polar surface area (TPSA) is 108 Å². The highest BCUT2D eigenvalue weighted by Crippen LogP contribution is 2.21. The zero-order valence-electron chi connectivity index (χ0n) is 18.3. The maximum absolute atomic E-state index is 14.4. The van der Waals surface area contributed by atoms with Gasteiger partial charge in [-0.2, -0.15) is 0 Å². The molecule has 180 valence electrons. The van der Waals surface area contributed by atoms with Gasteiger partial charge in [-0.05, 0) is 41.8 Å². The first kappa shape index (κ1) is 24.6. The minimum absolute atomic E-state index is 0.0831. The molecule has 0 fully saturated rings. The molecule has 0 aliphatic rings. The molecule has 0 unspecified atom stereocenters. The van der Waals surface area contributed by atoms with Gasteiger partial charge in [-0.15, -0.1) is 0 Å². The Hall–Kier alpha value is -3.53. The standard InChI is InChI=1S/C25H21ClFN3O4S/c26-18-8-6-17(7-9-18)14-29-25(32)21-15-28-23-20(24(21)31)12-19(27)13-22(23)35(33,34)30-11-10-16-4-2-1-3-5-16/h1-9,12-13,15,30H,10-11,14H2,(H,28,31)(H,29,32). The number of nitrogens with one attached hydrogen (secondary N) is 3. The van der Waals surface area contributed by atoms with Crippen molar-refractivity contribution in [2.24, 2.45) is 0 Å². The molecular formula is C25H21ClFN3O4S. The molecule has 0 radical (unpaired) electrons. The van der Waals surface area contributed by atoms with Gasteiger partial charge >= 0.3 is 0 Å². The van der Waals surface area contributed by atoms with Crippen LogP contribution in [0.3, 0.4) is 0 Å². The molecule has 1 heterocycles. The molecular weight excluding hydrogens is 493 g/mol. The van der Waals surface area contributed by atoms with Gasteiger partial charge in [-0.1, -0.05) is 54.1 Å². The van der Waals surface area contributed by atoms with Crippen LogP contribution in [0.5, 0.6) is 0 Å². The number of pyridine rings is 1. The van der Waals surface area contributed by atoms with Crippen molar-refractivity contribution >= 4 is 38.4 Å². The van der Waals surface area contributed by atoms with Crippen molar-refractivity contribution in [2.45, 2.75) is 17.9 Å². The Labute approximate surface area is 206 Å². The molecule has 1 amide bonds. The summed E-state index contributed by atoms with van der Waals surface area (Å²) >= 11 is 5.85. The number of hydrogen-bond acceptors (Lipinski definition) is 4. The van der Waals surface area contributed by atoms with Crippen LogP contribution in [-0.2, 0) is 23.0 Å². The van der Waals surface area contributed by atoms with E-state index in [4.69, 9.17) is 11.6 Å². The van der Waals surface area contributed by atoms with Gasteiger partial charge in [-0.3, -0.25) is 9.59 Å². The highest BCUT2D eigenvalue weighted by Gasteiger charge is 2.22. The zero-order chi connectivity index (χ0) is 25.0. The minimum atomic E-state index is -4.15. The van der Waals surface area contributed by atoms with Crippen LogP contribution in [0.2, 0.25) is 5.02 Å². The summed E-state index contributed by atoms with van der Waals surface area (Å²) in [5, 5.41) is 2.92. The van der Waals surface area contributed by atoms with Crippen molar-refractivity contribution in [3.05, 3.63) is 111 Å². The third-order valence-corrected chi connectivity index (χ3v) is 7.10. The molecule has 0 aliphatic carbocycles. The monoisotopic (exact) mass is 513 g/mol. The summed E-state index contributed by atoms with van der Waals surface area (Å²) in [7, 11) is -4.15. The number of amides is 1. The summed E-state index contributed by atoms with van der Waals surface area (Å²) in [5.41, 5.74) is 0.561. The Morgan fingerprint density at radius 1 is 1.00 bits per heavy atom. The third kappa shape index (κ3) is 5.76. The van der Waals surface area contributed by atoms with Crippen LogP contribution < -0.4 is 15.5 Å². The van der Waals surface area contributed by atoms with E-state index in [1.54, 1.807) is 24.3 Å². The summed E-state index contributed by atoms with van der Waals surface area (Å²) < 4.78 is 42.6. The average Bonchev–Trinajstić information content (AvgIpc) is 2.84. The molecule has 4 rings (SSSR count). The van der Waals surface area contributed by atoms with Crippen LogP contribution in [0, 0.1) is 5.82 Å². The molecule has 10 heteroatoms. The number of hydrogen-bond donors (Lipinski definition) is 3. The highest BCUT2D eigenvalue weighted by molar-refractivity contribution is 7.89. The van der Waals surface area contributed by atoms with E-state index in [2.05, 4.69) is 15.0 Å². The summed E-state index contributed by atoms with van der Waals surface area (Å²) in [6.07, 6.45) is 1.56. The van der Waals surface area contributed by atoms with Crippen LogP contribution in [0.1, 0.15) is 21.5 Å². The lowest BCUT2D eigenvalue weighted by molar-refractivity contribution is 0.0949. The predicted octanol–water partition coefficient (Wildman–Crippen LogP) is 3.77. The number of fused-ring (bicyclic) bond motifs is 1. The molecule has 0 spiro atoms. The lowest BCUT2D eigenvalue weighted by Gasteiger charge is -2.11. The van der Waals surface area contributed by atoms with Crippen molar-refractivity contribution in [2.75, 3.05) is 6.54 Å². The number of carbonyl (C=O) groups excluding carboxylic acids is 1. The van der Waals surface area contributed by atoms with Gasteiger partial charge in [0.15, 0.2) is 0 Å². The number of rotatable bonds is 8. The molecule has 0 saturated heterocycles. The van der Waals surface area contributed by atoms with Gasteiger partial charge in [0.2, 0.25) is 15.5 Å². The van der Waals surface area contributed by atoms with Crippen LogP contribution in [0.4, 0.5) is 4.39 Å². The lowest BCUT2D eigenvalue weighted by Crippen LogP contribution is -2.29. The van der Waals surface area contributed by atoms with E-state index in [1.165, 1.54) is 0 Å². The molecule has 1 aromatic heterocycles. The number of carbonyl (C=O) groups is 1. The van der Waals surface area contributed by atoms with Gasteiger partial charge in [0.05, 0.1) is 10.9 Å². The normalized spacial score (nSPS) is 11.5. The summed E-state index contributed by atoms with van der Waals surface area (Å²) in [6, 6.07) is 17.8. The SMILES string of the molecule is O=C(NCc1ccc(Cl)cc1)c1c[nH]c2c(S(=O)(=O)NCCc3ccccc3)cc(F)cc2c1=O. The van der Waals surface area contributed by atoms with E-state index in [-0.39, 0.29) is 29.6 Å². The molecule has 4 aromatic rings. The highest BCUT2D eigenvalue weighted by atomic mass is 35.5. The first-order chi connectivity index (χ1) is 16.7. The molecule has 0 bridgehead atoms. The molecule has 35 heavy (non-hydrogen) atoms. The van der Waals surface area contributed by atoms with Gasteiger partial charge in [0.1, 0.15) is 16.3 Å². The fourth-order valence-corrected chi connectivity index (χ4v) is 4.94. The predicted molar refractivity (Wildman–Crippen MR) is 132 cm³/mol. The molecule has 0 aliphatic heterocycles. The van der Waals surface area contributed by atoms with Crippen molar-refractivity contribution in [3.8, 4) is 0 Å². The second-order valence-corrected chi connectivity index (χ2v) is 9.97. The average molecular weight is 514 g/mol. The van der Waals surface area contributed by atoms with E-state index in [0.717, 1.165) is 29.5 Å². The molecule has 7 nitrogen and oxygen atoms in total. The van der Waals surface area contributed by atoms with Crippen molar-refractivity contribution in [3.63, 3.8) is 0 Å². The number of aromatic amines is 1. The van der Waals surface area contributed by atoms with E-state index in [0.29, 0.717) is 11.4 Å². The maximum atomic E-state index is 14.4. The van der Waals surface area contributed by atoms with Crippen LogP contribution in [0.25, 0.3) is 10.9 Å². The van der Waals surface area contributed by atoms with Crippen LogP contribution in [0.15, 0.2) is 82.6 Å². The second kappa shape index (κ2) is 10.4. The number of aromatic nitrogens is 1. The number of H-pyrrole nitrogens is 1. The first-order valence-electron chi connectivity index (χ1n) is 10.7. The van der Waals surface area contributed by atoms with E-state index >= 15 is 0 Å². The van der Waals surface area contributed by atoms with Gasteiger partial charge in [0, 0.05) is 24.3 Å². The Balaban J connectivity index is 1.58. The minimum Gasteiger partial charge on any atom is -0.359 e. The van der Waals surface area contributed by atoms with Gasteiger partial charge in [-0.25, -0.2) is 17.5 Å². The van der Waals surface area contributed by atoms with E-state index < -0.39 is 32.1 Å². The van der Waals surface area contributed by atoms with Crippen molar-refractivity contribution in [1.82, 2.24) is 15.0 Å². The van der Waals surface area contributed by atoms with Gasteiger partial charge in [0.25, 0.3) is 5.91 Å². The maximum Gasteiger partial charge on any atom is 0.257 e. The molecule has 3 N–H and O–H groups in total. The Morgan fingerprint density at radius 2 is 1.71 bits per heavy atom. The number of halogens is 2. The number of benzene rings is 3. The molecule has 3 aromatic carbocycles. The van der Waals surface area contributed by atoms with E-state index in [1.807, 2.05) is 30.3 Å². The molecule has 0 atom stereocenters. The summed E-state index contributed by atoms with van der Waals surface area (Å²) in [6.45, 7) is 0.224. The lowest BCUT2D eigenvalue weighted by atomic mass is 10.1. The Kier molecular flexibility index (Phi) is 7.30. The Bertz CT molecular complexity index is 1540. The first-order valence-corrected chi connectivity index (χ1v) is 12.5. The summed E-state index contributed by atoms with van der Waals surface area (Å²) in [4.78, 5) is 27.9. The van der Waals surface area contributed by atoms with Crippen LogP contribution in [-0.4, -0.2) is 25.9 Å². The summed E-state index contributed by atoms with van der Waals surface area (Å²) in [5.74, 6) is -1.59. The molecule has 0 saturated carbocycles. The van der Waals surface area contributed by atoms with E-state index in [9.17, 15) is 22.4 Å². The van der Waals surface area contributed by atoms with Crippen LogP contribution >= 0.6 is 11.6 Å². The zero-order valence-corrected chi connectivity index (χ0v) is 19.9. The van der Waals surface area contributed by atoms with Gasteiger partial charge < -0.3 is 10.3 Å². The number of sulfonamides is 1. The smallest absolute Gasteiger partial charge is 0.257 e. The second-order valence-electron chi connectivity index (χ2n) is 7.80. The largest absolute Gasteiger partial charge is 0.359 e.